The van der Waals surface area contributed by atoms with E-state index in [1.54, 1.807) is 0 Å². The molecule has 15 heavy (non-hydrogen) atoms. The van der Waals surface area contributed by atoms with Crippen LogP contribution >= 0.6 is 0 Å². The average Bonchev–Trinajstić information content (AvgIpc) is 2.11. The van der Waals surface area contributed by atoms with Gasteiger partial charge >= 0.3 is 12.3 Å². The first-order chi connectivity index (χ1) is 6.64. The molecule has 0 heterocycles. The van der Waals surface area contributed by atoms with Gasteiger partial charge in [-0.1, -0.05) is 20.3 Å². The molecule has 0 rings (SSSR count). The van der Waals surface area contributed by atoms with Crippen molar-refractivity contribution in [3.05, 3.63) is 0 Å². The molecule has 0 aliphatic carbocycles. The fourth-order valence-electron chi connectivity index (χ4n) is 0.937. The van der Waals surface area contributed by atoms with Gasteiger partial charge in [0.25, 0.3) is 0 Å². The quantitative estimate of drug-likeness (QED) is 0.665. The molecule has 1 nitrogen and oxygen atoms in total. The Labute approximate surface area is 83.4 Å². The summed E-state index contributed by atoms with van der Waals surface area (Å²) in [4.78, 5) is 0. The highest BCUT2D eigenvalue weighted by molar-refractivity contribution is 4.75. The average molecular weight is 238 g/mol. The van der Waals surface area contributed by atoms with Gasteiger partial charge in [-0.15, -0.1) is 0 Å². The van der Waals surface area contributed by atoms with Crippen molar-refractivity contribution in [2.75, 3.05) is 6.67 Å². The summed E-state index contributed by atoms with van der Waals surface area (Å²) in [5.41, 5.74) is 0. The lowest BCUT2D eigenvalue weighted by molar-refractivity contribution is -0.338. The van der Waals surface area contributed by atoms with Crippen LogP contribution in [-0.4, -0.2) is 25.1 Å². The Morgan fingerprint density at radius 2 is 1.60 bits per heavy atom. The van der Waals surface area contributed by atoms with Crippen molar-refractivity contribution < 1.29 is 31.1 Å². The molecule has 0 saturated heterocycles. The van der Waals surface area contributed by atoms with Crippen molar-refractivity contribution in [3.63, 3.8) is 0 Å². The summed E-state index contributed by atoms with van der Waals surface area (Å²) in [5.74, 6) is -1.15. The van der Waals surface area contributed by atoms with E-state index in [0.29, 0.717) is 0 Å². The zero-order chi connectivity index (χ0) is 12.3. The molecule has 0 aliphatic rings. The van der Waals surface area contributed by atoms with Gasteiger partial charge in [0.2, 0.25) is 0 Å². The van der Waals surface area contributed by atoms with Gasteiger partial charge in [-0.05, 0) is 5.92 Å². The molecule has 0 bridgehead atoms. The molecule has 0 aromatic heterocycles. The predicted molar refractivity (Wildman–Crippen MR) is 41.3 cm³/mol. The number of hydrogen-bond donors (Lipinski definition) is 0. The second-order valence-electron chi connectivity index (χ2n) is 3.24. The van der Waals surface area contributed by atoms with E-state index in [-0.39, 0.29) is 6.42 Å². The van der Waals surface area contributed by atoms with Crippen molar-refractivity contribution in [3.8, 4) is 0 Å². The highest BCUT2D eigenvalue weighted by atomic mass is 19.4. The van der Waals surface area contributed by atoms with Crippen LogP contribution in [0.3, 0.4) is 0 Å². The monoisotopic (exact) mass is 238 g/mol. The fourth-order valence-corrected chi connectivity index (χ4v) is 0.937. The third-order valence-electron chi connectivity index (χ3n) is 1.94. The van der Waals surface area contributed by atoms with E-state index < -0.39 is 31.0 Å². The SMILES string of the molecule is CCC(C)C(OC(F)(F)CF)C(F)(F)F. The summed E-state index contributed by atoms with van der Waals surface area (Å²) < 4.78 is 76.5. The zero-order valence-electron chi connectivity index (χ0n) is 8.24. The lowest BCUT2D eigenvalue weighted by atomic mass is 10.0. The topological polar surface area (TPSA) is 9.23 Å². The van der Waals surface area contributed by atoms with Crippen molar-refractivity contribution in [2.24, 2.45) is 5.92 Å². The van der Waals surface area contributed by atoms with Crippen molar-refractivity contribution >= 4 is 0 Å². The van der Waals surface area contributed by atoms with Crippen LogP contribution in [0.4, 0.5) is 26.3 Å². The minimum atomic E-state index is -4.92. The van der Waals surface area contributed by atoms with Crippen molar-refractivity contribution in [1.29, 1.82) is 0 Å². The minimum absolute atomic E-state index is 0.00649. The molecule has 0 spiro atoms. The van der Waals surface area contributed by atoms with E-state index in [2.05, 4.69) is 4.74 Å². The maximum absolute atomic E-state index is 12.3. The van der Waals surface area contributed by atoms with Crippen LogP contribution < -0.4 is 0 Å². The maximum atomic E-state index is 12.3. The normalized spacial score (nSPS) is 17.6. The Hall–Kier alpha value is -0.460. The summed E-state index contributed by atoms with van der Waals surface area (Å²) >= 11 is 0. The fraction of sp³-hybridized carbons (Fsp3) is 1.00. The largest absolute Gasteiger partial charge is 0.415 e. The molecule has 0 fully saturated rings. The number of hydrogen-bond acceptors (Lipinski definition) is 1. The van der Waals surface area contributed by atoms with E-state index in [1.165, 1.54) is 6.92 Å². The lowest BCUT2D eigenvalue weighted by Crippen LogP contribution is -2.43. The Morgan fingerprint density at radius 1 is 1.13 bits per heavy atom. The van der Waals surface area contributed by atoms with E-state index in [9.17, 15) is 26.3 Å². The summed E-state index contributed by atoms with van der Waals surface area (Å²) in [5, 5.41) is 0. The number of halogens is 6. The van der Waals surface area contributed by atoms with E-state index in [1.807, 2.05) is 0 Å². The molecule has 92 valence electrons. The number of ether oxygens (including phenoxy) is 1. The van der Waals surface area contributed by atoms with Gasteiger partial charge in [0.15, 0.2) is 12.8 Å². The summed E-state index contributed by atoms with van der Waals surface area (Å²) in [7, 11) is 0. The third kappa shape index (κ3) is 4.72. The summed E-state index contributed by atoms with van der Waals surface area (Å²) in [6.45, 7) is 0.253. The summed E-state index contributed by atoms with van der Waals surface area (Å²) in [6, 6.07) is 0. The smallest absolute Gasteiger partial charge is 0.305 e. The van der Waals surface area contributed by atoms with Crippen LogP contribution in [0, 0.1) is 5.92 Å². The van der Waals surface area contributed by atoms with Gasteiger partial charge in [0.1, 0.15) is 0 Å². The first-order valence-corrected chi connectivity index (χ1v) is 4.32. The van der Waals surface area contributed by atoms with Crippen LogP contribution in [0.1, 0.15) is 20.3 Å². The molecule has 0 aromatic carbocycles. The second-order valence-corrected chi connectivity index (χ2v) is 3.24. The molecule has 0 saturated carbocycles. The van der Waals surface area contributed by atoms with Gasteiger partial charge < -0.3 is 4.74 Å². The van der Waals surface area contributed by atoms with Crippen molar-refractivity contribution in [1.82, 2.24) is 0 Å². The maximum Gasteiger partial charge on any atom is 0.415 e. The molecular weight excluding hydrogens is 226 g/mol. The van der Waals surface area contributed by atoms with E-state index >= 15 is 0 Å². The zero-order valence-corrected chi connectivity index (χ0v) is 8.24. The van der Waals surface area contributed by atoms with Gasteiger partial charge in [-0.3, -0.25) is 0 Å². The predicted octanol–water partition coefficient (Wildman–Crippen LogP) is 3.54. The second kappa shape index (κ2) is 5.05. The van der Waals surface area contributed by atoms with Crippen LogP contribution in [0.2, 0.25) is 0 Å². The molecule has 2 atom stereocenters. The number of rotatable bonds is 5. The molecule has 7 heteroatoms. The molecule has 0 radical (unpaired) electrons. The molecule has 2 unspecified atom stereocenters. The molecule has 0 amide bonds. The third-order valence-corrected chi connectivity index (χ3v) is 1.94. The van der Waals surface area contributed by atoms with Gasteiger partial charge in [0.05, 0.1) is 0 Å². The van der Waals surface area contributed by atoms with Crippen LogP contribution in [0.5, 0.6) is 0 Å². The molecule has 0 aliphatic heterocycles. The highest BCUT2D eigenvalue weighted by Gasteiger charge is 2.49. The van der Waals surface area contributed by atoms with E-state index in [0.717, 1.165) is 6.92 Å². The van der Waals surface area contributed by atoms with Gasteiger partial charge in [-0.25, -0.2) is 4.39 Å². The van der Waals surface area contributed by atoms with Crippen LogP contribution in [-0.2, 0) is 4.74 Å². The Kier molecular flexibility index (Phi) is 4.89. The number of alkyl halides is 6. The first-order valence-electron chi connectivity index (χ1n) is 4.32. The minimum Gasteiger partial charge on any atom is -0.305 e. The first kappa shape index (κ1) is 14.5. The van der Waals surface area contributed by atoms with Gasteiger partial charge in [0, 0.05) is 0 Å². The van der Waals surface area contributed by atoms with Gasteiger partial charge in [-0.2, -0.15) is 22.0 Å². The molecule has 0 aromatic rings. The van der Waals surface area contributed by atoms with Crippen LogP contribution in [0.25, 0.3) is 0 Å². The molecular formula is C8H12F6O. The van der Waals surface area contributed by atoms with Crippen LogP contribution in [0.15, 0.2) is 0 Å². The summed E-state index contributed by atoms with van der Waals surface area (Å²) in [6.07, 6.45) is -11.9. The molecule has 0 N–H and O–H groups in total. The highest BCUT2D eigenvalue weighted by Crippen LogP contribution is 2.34. The standard InChI is InChI=1S/C8H12F6O/c1-3-5(2)6(8(12,13)14)15-7(10,11)4-9/h5-6H,3-4H2,1-2H3. The Bertz CT molecular complexity index is 190. The Balaban J connectivity index is 4.67. The van der Waals surface area contributed by atoms with Crippen molar-refractivity contribution in [2.45, 2.75) is 38.7 Å². The lowest BCUT2D eigenvalue weighted by Gasteiger charge is -2.28. The Morgan fingerprint density at radius 3 is 1.87 bits per heavy atom. The van der Waals surface area contributed by atoms with E-state index in [4.69, 9.17) is 0 Å².